The van der Waals surface area contributed by atoms with Crippen LogP contribution in [0.5, 0.6) is 28.7 Å². The van der Waals surface area contributed by atoms with Gasteiger partial charge in [0.15, 0.2) is 11.5 Å². The Morgan fingerprint density at radius 2 is 1.92 bits per heavy atom. The second-order valence-corrected chi connectivity index (χ2v) is 8.49. The second-order valence-electron chi connectivity index (χ2n) is 8.49. The SMILES string of the molecule is CCOC(=O)c1c[nH]c(=O)c(C(CC(=O)NCCc2ccc(O)cc2)c2cc(OC)c3c(c2)OCO3)c1O. The number of phenolic OH excluding ortho intramolecular Hbond substituents is 1. The predicted octanol–water partition coefficient (Wildman–Crippen LogP) is 2.58. The topological polar surface area (TPSA) is 156 Å². The molecule has 0 fully saturated rings. The lowest BCUT2D eigenvalue weighted by Crippen LogP contribution is -2.29. The summed E-state index contributed by atoms with van der Waals surface area (Å²) in [5, 5.41) is 23.3. The summed E-state index contributed by atoms with van der Waals surface area (Å²) in [4.78, 5) is 40.9. The molecule has 38 heavy (non-hydrogen) atoms. The van der Waals surface area contributed by atoms with E-state index in [1.165, 1.54) is 7.11 Å². The fraction of sp³-hybridized carbons (Fsp3) is 0.296. The number of hydrogen-bond acceptors (Lipinski definition) is 9. The number of phenols is 1. The van der Waals surface area contributed by atoms with Gasteiger partial charge in [0.1, 0.15) is 17.1 Å². The Morgan fingerprint density at radius 3 is 2.63 bits per heavy atom. The van der Waals surface area contributed by atoms with E-state index in [2.05, 4.69) is 10.3 Å². The van der Waals surface area contributed by atoms with Crippen molar-refractivity contribution in [2.75, 3.05) is 27.1 Å². The zero-order chi connectivity index (χ0) is 27.2. The molecule has 1 aromatic heterocycles. The van der Waals surface area contributed by atoms with Crippen molar-refractivity contribution < 1.29 is 38.7 Å². The van der Waals surface area contributed by atoms with Gasteiger partial charge >= 0.3 is 5.97 Å². The molecule has 11 nitrogen and oxygen atoms in total. The molecule has 200 valence electrons. The number of ether oxygens (including phenoxy) is 4. The van der Waals surface area contributed by atoms with Crippen molar-refractivity contribution in [3.8, 4) is 28.7 Å². The highest BCUT2D eigenvalue weighted by Crippen LogP contribution is 2.45. The van der Waals surface area contributed by atoms with E-state index in [1.807, 2.05) is 0 Å². The van der Waals surface area contributed by atoms with Crippen molar-refractivity contribution in [2.45, 2.75) is 25.7 Å². The van der Waals surface area contributed by atoms with E-state index in [1.54, 1.807) is 43.3 Å². The van der Waals surface area contributed by atoms with E-state index in [4.69, 9.17) is 18.9 Å². The molecule has 4 rings (SSSR count). The van der Waals surface area contributed by atoms with Gasteiger partial charge < -0.3 is 39.5 Å². The maximum Gasteiger partial charge on any atom is 0.343 e. The molecule has 4 N–H and O–H groups in total. The van der Waals surface area contributed by atoms with Gasteiger partial charge in [-0.1, -0.05) is 12.1 Å². The molecular formula is C27H28N2O9. The number of carbonyl (C=O) groups excluding carboxylic acids is 2. The van der Waals surface area contributed by atoms with E-state index in [0.29, 0.717) is 35.8 Å². The van der Waals surface area contributed by atoms with Crippen LogP contribution in [0.15, 0.2) is 47.4 Å². The highest BCUT2D eigenvalue weighted by Gasteiger charge is 2.31. The molecule has 0 bridgehead atoms. The van der Waals surface area contributed by atoms with Gasteiger partial charge in [-0.2, -0.15) is 0 Å². The fourth-order valence-corrected chi connectivity index (χ4v) is 4.23. The van der Waals surface area contributed by atoms with Gasteiger partial charge in [-0.05, 0) is 48.7 Å². The Morgan fingerprint density at radius 1 is 1.16 bits per heavy atom. The van der Waals surface area contributed by atoms with Crippen LogP contribution in [0.1, 0.15) is 46.3 Å². The Hall–Kier alpha value is -4.67. The molecule has 1 unspecified atom stereocenters. The molecule has 3 aromatic rings. The van der Waals surface area contributed by atoms with Crippen molar-refractivity contribution in [1.82, 2.24) is 10.3 Å². The lowest BCUT2D eigenvalue weighted by Gasteiger charge is -2.20. The lowest BCUT2D eigenvalue weighted by atomic mass is 9.87. The predicted molar refractivity (Wildman–Crippen MR) is 135 cm³/mol. The highest BCUT2D eigenvalue weighted by atomic mass is 16.7. The Kier molecular flexibility index (Phi) is 8.05. The molecule has 0 saturated carbocycles. The number of esters is 1. The summed E-state index contributed by atoms with van der Waals surface area (Å²) in [7, 11) is 1.44. The number of pyridine rings is 1. The summed E-state index contributed by atoms with van der Waals surface area (Å²) in [5.41, 5.74) is 0.268. The summed E-state index contributed by atoms with van der Waals surface area (Å²) < 4.78 is 21.4. The van der Waals surface area contributed by atoms with E-state index < -0.39 is 29.1 Å². The number of rotatable bonds is 10. The number of aromatic hydroxyl groups is 2. The first kappa shape index (κ1) is 26.4. The van der Waals surface area contributed by atoms with Gasteiger partial charge in [0.25, 0.3) is 5.56 Å². The summed E-state index contributed by atoms with van der Waals surface area (Å²) in [6.45, 7) is 1.96. The number of carbonyl (C=O) groups is 2. The molecular weight excluding hydrogens is 496 g/mol. The summed E-state index contributed by atoms with van der Waals surface area (Å²) in [5.74, 6) is -1.56. The largest absolute Gasteiger partial charge is 0.508 e. The normalized spacial score (nSPS) is 12.6. The van der Waals surface area contributed by atoms with Crippen LogP contribution < -0.4 is 25.1 Å². The molecule has 0 aliphatic carbocycles. The Labute approximate surface area is 217 Å². The van der Waals surface area contributed by atoms with Gasteiger partial charge in [0.05, 0.1) is 19.3 Å². The van der Waals surface area contributed by atoms with Crippen molar-refractivity contribution in [3.05, 3.63) is 75.2 Å². The number of aromatic nitrogens is 1. The molecule has 1 aliphatic rings. The minimum absolute atomic E-state index is 0.0261. The molecule has 0 spiro atoms. The summed E-state index contributed by atoms with van der Waals surface area (Å²) >= 11 is 0. The number of aromatic amines is 1. The number of methoxy groups -OCH3 is 1. The molecule has 1 atom stereocenters. The zero-order valence-corrected chi connectivity index (χ0v) is 20.9. The third kappa shape index (κ3) is 5.66. The van der Waals surface area contributed by atoms with Gasteiger partial charge in [-0.3, -0.25) is 9.59 Å². The van der Waals surface area contributed by atoms with Crippen molar-refractivity contribution in [3.63, 3.8) is 0 Å². The fourth-order valence-electron chi connectivity index (χ4n) is 4.23. The summed E-state index contributed by atoms with van der Waals surface area (Å²) in [6, 6.07) is 9.83. The molecule has 2 aromatic carbocycles. The van der Waals surface area contributed by atoms with Crippen molar-refractivity contribution in [1.29, 1.82) is 0 Å². The van der Waals surface area contributed by atoms with E-state index in [-0.39, 0.29) is 36.7 Å². The van der Waals surface area contributed by atoms with Crippen LogP contribution in [-0.2, 0) is 16.0 Å². The smallest absolute Gasteiger partial charge is 0.343 e. The van der Waals surface area contributed by atoms with Crippen LogP contribution in [0.25, 0.3) is 0 Å². The van der Waals surface area contributed by atoms with Crippen molar-refractivity contribution >= 4 is 11.9 Å². The van der Waals surface area contributed by atoms with Gasteiger partial charge in [-0.15, -0.1) is 0 Å². The maximum absolute atomic E-state index is 13.1. The molecule has 0 radical (unpaired) electrons. The Balaban J connectivity index is 1.67. The average molecular weight is 525 g/mol. The van der Waals surface area contributed by atoms with Gasteiger partial charge in [0.2, 0.25) is 18.4 Å². The number of benzene rings is 2. The van der Waals surface area contributed by atoms with E-state index in [9.17, 15) is 24.6 Å². The van der Waals surface area contributed by atoms with Crippen molar-refractivity contribution in [2.24, 2.45) is 0 Å². The number of H-pyrrole nitrogens is 1. The van der Waals surface area contributed by atoms with Crippen LogP contribution >= 0.6 is 0 Å². The van der Waals surface area contributed by atoms with Crippen LogP contribution in [0, 0.1) is 0 Å². The first-order valence-electron chi connectivity index (χ1n) is 12.0. The highest BCUT2D eigenvalue weighted by molar-refractivity contribution is 5.92. The monoisotopic (exact) mass is 524 g/mol. The van der Waals surface area contributed by atoms with E-state index >= 15 is 0 Å². The molecule has 0 saturated heterocycles. The Bertz CT molecular complexity index is 1380. The lowest BCUT2D eigenvalue weighted by molar-refractivity contribution is -0.121. The standard InChI is InChI=1S/C27H28N2O9/c1-3-36-27(34)19-13-29-26(33)23(24(19)32)18(16-10-20(35-2)25-21(11-16)37-14-38-25)12-22(31)28-9-8-15-4-6-17(30)7-5-15/h4-7,10-11,13,18,30H,3,8-9,12,14H2,1-2H3,(H,28,31)(H2,29,32,33). The summed E-state index contributed by atoms with van der Waals surface area (Å²) in [6.07, 6.45) is 1.36. The van der Waals surface area contributed by atoms with Crippen LogP contribution in [0.2, 0.25) is 0 Å². The molecule has 1 amide bonds. The number of amides is 1. The number of nitrogens with one attached hydrogen (secondary N) is 2. The van der Waals surface area contributed by atoms with E-state index in [0.717, 1.165) is 11.8 Å². The third-order valence-corrected chi connectivity index (χ3v) is 6.09. The van der Waals surface area contributed by atoms with Gasteiger partial charge in [0, 0.05) is 25.1 Å². The minimum Gasteiger partial charge on any atom is -0.508 e. The number of hydrogen-bond donors (Lipinski definition) is 4. The first-order valence-corrected chi connectivity index (χ1v) is 12.0. The number of fused-ring (bicyclic) bond motifs is 1. The van der Waals surface area contributed by atoms with Gasteiger partial charge in [-0.25, -0.2) is 4.79 Å². The maximum atomic E-state index is 13.1. The first-order chi connectivity index (χ1) is 18.3. The third-order valence-electron chi connectivity index (χ3n) is 6.09. The second kappa shape index (κ2) is 11.6. The molecule has 11 heteroatoms. The molecule has 1 aliphatic heterocycles. The van der Waals surface area contributed by atoms with Crippen LogP contribution in [0.3, 0.4) is 0 Å². The van der Waals surface area contributed by atoms with Crippen LogP contribution in [-0.4, -0.2) is 54.1 Å². The molecule has 2 heterocycles. The zero-order valence-electron chi connectivity index (χ0n) is 20.9. The average Bonchev–Trinajstić information content (AvgIpc) is 3.38. The van der Waals surface area contributed by atoms with Crippen LogP contribution in [0.4, 0.5) is 0 Å². The quantitative estimate of drug-likeness (QED) is 0.293. The minimum atomic E-state index is -0.981.